The van der Waals surface area contributed by atoms with Crippen molar-refractivity contribution in [1.29, 1.82) is 5.53 Å². The third-order valence-corrected chi connectivity index (χ3v) is 1.77. The van der Waals surface area contributed by atoms with Gasteiger partial charge in [-0.3, -0.25) is 0 Å². The second-order valence-corrected chi connectivity index (χ2v) is 3.25. The molecule has 1 rings (SSSR count). The zero-order valence-electron chi connectivity index (χ0n) is 9.93. The monoisotopic (exact) mass is 259 g/mol. The maximum absolute atomic E-state index is 6.58. The summed E-state index contributed by atoms with van der Waals surface area (Å²) in [5, 5.41) is 17.2. The minimum atomic E-state index is -0.221. The molecule has 7 N–H and O–H groups in total. The highest BCUT2D eigenvalue weighted by Crippen LogP contribution is 2.01. The topological polar surface area (TPSA) is 164 Å². The summed E-state index contributed by atoms with van der Waals surface area (Å²) in [4.78, 5) is 0. The molecule has 1 aromatic carbocycles. The fourth-order valence-electron chi connectivity index (χ4n) is 1.06. The lowest BCUT2D eigenvalue weighted by molar-refractivity contribution is 1.12. The molecule has 0 amide bonds. The van der Waals surface area contributed by atoms with Crippen molar-refractivity contribution in [2.45, 2.75) is 0 Å². The van der Waals surface area contributed by atoms with Gasteiger partial charge in [0.05, 0.1) is 12.4 Å². The smallest absolute Gasteiger partial charge is 0.258 e. The zero-order valence-corrected chi connectivity index (χ0v) is 9.93. The molecule has 9 heteroatoms. The summed E-state index contributed by atoms with van der Waals surface area (Å²) in [7, 11) is 0. The fourth-order valence-corrected chi connectivity index (χ4v) is 1.06. The van der Waals surface area contributed by atoms with E-state index in [4.69, 9.17) is 22.7 Å². The lowest BCUT2D eigenvalue weighted by Gasteiger charge is -1.94. The largest absolute Gasteiger partial charge is 0.369 e. The number of benzene rings is 1. The molecule has 0 aliphatic heterocycles. The molecule has 0 aliphatic carbocycles. The Balaban J connectivity index is 2.80. The summed E-state index contributed by atoms with van der Waals surface area (Å²) in [6.07, 6.45) is 2.96. The molecule has 0 saturated heterocycles. The van der Waals surface area contributed by atoms with E-state index in [1.54, 1.807) is 12.1 Å². The minimum absolute atomic E-state index is 0.113. The number of nitrogens with one attached hydrogen (secondary N) is 1. The second-order valence-electron chi connectivity index (χ2n) is 3.25. The van der Waals surface area contributed by atoms with Gasteiger partial charge in [-0.2, -0.15) is 10.2 Å². The van der Waals surface area contributed by atoms with Crippen molar-refractivity contribution in [3.05, 3.63) is 35.4 Å². The van der Waals surface area contributed by atoms with Crippen LogP contribution in [0.1, 0.15) is 11.1 Å². The van der Waals surface area contributed by atoms with Crippen LogP contribution >= 0.6 is 0 Å². The SMILES string of the molecule is N=N/C(N)=N/N=C/c1cccc(/C=N/N=C(N)N)c1. The fraction of sp³-hybridized carbons (Fsp3) is 0. The molecule has 0 spiro atoms. The van der Waals surface area contributed by atoms with Gasteiger partial charge in [0.15, 0.2) is 0 Å². The molecule has 0 radical (unpaired) electrons. The number of hydrogen-bond acceptors (Lipinski definition) is 5. The van der Waals surface area contributed by atoms with Crippen molar-refractivity contribution in [1.82, 2.24) is 0 Å². The molecule has 9 nitrogen and oxygen atoms in total. The summed E-state index contributed by atoms with van der Waals surface area (Å²) < 4.78 is 0. The van der Waals surface area contributed by atoms with Crippen LogP contribution in [0.4, 0.5) is 0 Å². The van der Waals surface area contributed by atoms with Crippen LogP contribution < -0.4 is 17.2 Å². The summed E-state index contributed by atoms with van der Waals surface area (Å²) in [6, 6.07) is 7.23. The molecule has 0 fully saturated rings. The highest BCUT2D eigenvalue weighted by atomic mass is 15.3. The van der Waals surface area contributed by atoms with Crippen LogP contribution in [0.3, 0.4) is 0 Å². The third-order valence-electron chi connectivity index (χ3n) is 1.77. The van der Waals surface area contributed by atoms with Gasteiger partial charge in [-0.15, -0.1) is 15.3 Å². The zero-order chi connectivity index (χ0) is 14.1. The maximum atomic E-state index is 6.58. The number of hydrogen-bond donors (Lipinski definition) is 4. The molecular weight excluding hydrogens is 246 g/mol. The molecule has 19 heavy (non-hydrogen) atoms. The Morgan fingerprint density at radius 2 is 1.58 bits per heavy atom. The molecule has 0 unspecified atom stereocenters. The quantitative estimate of drug-likeness (QED) is 0.259. The molecular formula is C10H13N9. The van der Waals surface area contributed by atoms with Gasteiger partial charge in [0.1, 0.15) is 0 Å². The highest BCUT2D eigenvalue weighted by Gasteiger charge is 1.91. The Morgan fingerprint density at radius 1 is 1.00 bits per heavy atom. The van der Waals surface area contributed by atoms with E-state index in [1.807, 2.05) is 12.1 Å². The number of nitrogens with two attached hydrogens (primary N) is 3. The average molecular weight is 259 g/mol. The normalized spacial score (nSPS) is 11.9. The van der Waals surface area contributed by atoms with Crippen LogP contribution in [0.25, 0.3) is 0 Å². The Kier molecular flexibility index (Phi) is 5.34. The van der Waals surface area contributed by atoms with Crippen LogP contribution in [0.15, 0.2) is 49.8 Å². The predicted molar refractivity (Wildman–Crippen MR) is 74.2 cm³/mol. The summed E-state index contributed by atoms with van der Waals surface area (Å²) >= 11 is 0. The third kappa shape index (κ3) is 5.68. The molecule has 0 bridgehead atoms. The Bertz CT molecular complexity index is 552. The highest BCUT2D eigenvalue weighted by molar-refractivity contribution is 5.87. The van der Waals surface area contributed by atoms with Gasteiger partial charge in [0.2, 0.25) is 5.96 Å². The van der Waals surface area contributed by atoms with Gasteiger partial charge in [-0.05, 0) is 17.2 Å². The summed E-state index contributed by atoms with van der Waals surface area (Å²) in [6.45, 7) is 0. The first-order valence-electron chi connectivity index (χ1n) is 5.08. The first kappa shape index (κ1) is 14.0. The number of nitrogens with zero attached hydrogens (tertiary/aromatic N) is 5. The van der Waals surface area contributed by atoms with Gasteiger partial charge in [0, 0.05) is 0 Å². The second kappa shape index (κ2) is 7.27. The lowest BCUT2D eigenvalue weighted by Crippen LogP contribution is -2.21. The predicted octanol–water partition coefficient (Wildman–Crippen LogP) is -0.0265. The summed E-state index contributed by atoms with van der Waals surface area (Å²) in [5.74, 6) is -0.334. The van der Waals surface area contributed by atoms with Crippen LogP contribution in [0.2, 0.25) is 0 Å². The van der Waals surface area contributed by atoms with Crippen molar-refractivity contribution >= 4 is 24.3 Å². The van der Waals surface area contributed by atoms with Crippen molar-refractivity contribution in [3.63, 3.8) is 0 Å². The van der Waals surface area contributed by atoms with E-state index < -0.39 is 0 Å². The van der Waals surface area contributed by atoms with Crippen LogP contribution in [-0.2, 0) is 0 Å². The Labute approximate surface area is 109 Å². The van der Waals surface area contributed by atoms with E-state index in [2.05, 4.69) is 25.5 Å². The number of rotatable bonds is 4. The van der Waals surface area contributed by atoms with E-state index in [9.17, 15) is 0 Å². The van der Waals surface area contributed by atoms with Crippen LogP contribution in [-0.4, -0.2) is 24.3 Å². The maximum Gasteiger partial charge on any atom is 0.258 e. The Morgan fingerprint density at radius 3 is 2.11 bits per heavy atom. The summed E-state index contributed by atoms with van der Waals surface area (Å²) in [5.41, 5.74) is 23.6. The van der Waals surface area contributed by atoms with E-state index in [0.717, 1.165) is 11.1 Å². The molecule has 0 atom stereocenters. The van der Waals surface area contributed by atoms with Gasteiger partial charge in [0.25, 0.3) is 5.96 Å². The van der Waals surface area contributed by atoms with E-state index >= 15 is 0 Å². The Hall–Kier alpha value is -3.10. The van der Waals surface area contributed by atoms with Crippen molar-refractivity contribution in [2.75, 3.05) is 0 Å². The van der Waals surface area contributed by atoms with Gasteiger partial charge in [-0.25, -0.2) is 5.53 Å². The average Bonchev–Trinajstić information content (AvgIpc) is 2.38. The van der Waals surface area contributed by atoms with Gasteiger partial charge < -0.3 is 17.2 Å². The van der Waals surface area contributed by atoms with Gasteiger partial charge >= 0.3 is 0 Å². The molecule has 98 valence electrons. The molecule has 0 saturated carbocycles. The molecule has 0 aromatic heterocycles. The van der Waals surface area contributed by atoms with E-state index in [0.29, 0.717) is 0 Å². The van der Waals surface area contributed by atoms with E-state index in [1.165, 1.54) is 12.4 Å². The lowest BCUT2D eigenvalue weighted by atomic mass is 10.1. The van der Waals surface area contributed by atoms with Crippen LogP contribution in [0.5, 0.6) is 0 Å². The van der Waals surface area contributed by atoms with Crippen molar-refractivity contribution in [2.24, 2.45) is 42.7 Å². The first-order valence-corrected chi connectivity index (χ1v) is 5.08. The van der Waals surface area contributed by atoms with Crippen molar-refractivity contribution in [3.8, 4) is 0 Å². The minimum Gasteiger partial charge on any atom is -0.369 e. The molecule has 0 aliphatic rings. The van der Waals surface area contributed by atoms with E-state index in [-0.39, 0.29) is 11.9 Å². The van der Waals surface area contributed by atoms with Crippen molar-refractivity contribution < 1.29 is 0 Å². The standard InChI is InChI=1S/C10H13N9/c11-9(12)18-15-5-7-2-1-3-8(4-7)6-16-19-10(13)17-14/h1-6,14H,(H2,13,19)(H4,11,12,18)/b15-5+,16-6+,17-14?. The first-order chi connectivity index (χ1) is 9.11. The van der Waals surface area contributed by atoms with Crippen LogP contribution in [0, 0.1) is 5.53 Å². The molecule has 0 heterocycles. The number of guanidine groups is 2. The molecule has 1 aromatic rings. The van der Waals surface area contributed by atoms with Gasteiger partial charge in [-0.1, -0.05) is 18.2 Å².